The third-order valence-corrected chi connectivity index (χ3v) is 5.23. The second kappa shape index (κ2) is 4.07. The summed E-state index contributed by atoms with van der Waals surface area (Å²) in [6, 6.07) is 4.33. The van der Waals surface area contributed by atoms with Crippen molar-refractivity contribution in [3.63, 3.8) is 0 Å². The molecule has 17 heavy (non-hydrogen) atoms. The van der Waals surface area contributed by atoms with Crippen LogP contribution in [0.4, 0.5) is 5.82 Å². The predicted octanol–water partition coefficient (Wildman–Crippen LogP) is 1.06. The highest BCUT2D eigenvalue weighted by Crippen LogP contribution is 2.35. The van der Waals surface area contributed by atoms with Crippen LogP contribution in [0.2, 0.25) is 0 Å². The van der Waals surface area contributed by atoms with Gasteiger partial charge in [0, 0.05) is 31.9 Å². The Bertz CT molecular complexity index is 463. The second-order valence-corrected chi connectivity index (χ2v) is 6.44. The van der Waals surface area contributed by atoms with Gasteiger partial charge in [-0.2, -0.15) is 0 Å². The molecular formula is C12H17N3OS. The van der Waals surface area contributed by atoms with E-state index >= 15 is 0 Å². The van der Waals surface area contributed by atoms with E-state index in [0.717, 1.165) is 30.3 Å². The molecule has 4 nitrogen and oxygen atoms in total. The van der Waals surface area contributed by atoms with Crippen molar-refractivity contribution < 1.29 is 4.21 Å². The lowest BCUT2D eigenvalue weighted by molar-refractivity contribution is 0.201. The summed E-state index contributed by atoms with van der Waals surface area (Å²) in [5.74, 6) is 0.930. The van der Waals surface area contributed by atoms with Gasteiger partial charge < -0.3 is 4.90 Å². The lowest BCUT2D eigenvalue weighted by Crippen LogP contribution is -2.54. The molecular weight excluding hydrogens is 234 g/mol. The summed E-state index contributed by atoms with van der Waals surface area (Å²) in [6.07, 6.45) is 1.78. The third-order valence-electron chi connectivity index (χ3n) is 3.58. The van der Waals surface area contributed by atoms with E-state index in [1.165, 1.54) is 0 Å². The number of nitrogens with zero attached hydrogens (tertiary/aromatic N) is 3. The van der Waals surface area contributed by atoms with Gasteiger partial charge in [-0.3, -0.25) is 9.11 Å². The van der Waals surface area contributed by atoms with Gasteiger partial charge in [-0.05, 0) is 26.0 Å². The molecule has 0 N–H and O–H groups in total. The summed E-state index contributed by atoms with van der Waals surface area (Å²) in [5.41, 5.74) is 0. The van der Waals surface area contributed by atoms with Crippen LogP contribution >= 0.6 is 0 Å². The number of hydrogen-bond acceptors (Lipinski definition) is 4. The number of pyridine rings is 1. The van der Waals surface area contributed by atoms with Crippen molar-refractivity contribution in [1.29, 1.82) is 0 Å². The van der Waals surface area contributed by atoms with Gasteiger partial charge in [0.05, 0.1) is 15.7 Å². The summed E-state index contributed by atoms with van der Waals surface area (Å²) >= 11 is 0. The highest BCUT2D eigenvalue weighted by molar-refractivity contribution is 7.86. The van der Waals surface area contributed by atoms with Crippen LogP contribution in [0, 0.1) is 0 Å². The summed E-state index contributed by atoms with van der Waals surface area (Å²) in [5, 5.41) is 0.0936. The van der Waals surface area contributed by atoms with Crippen molar-refractivity contribution in [3.8, 4) is 0 Å². The quantitative estimate of drug-likeness (QED) is 0.748. The first-order valence-electron chi connectivity index (χ1n) is 6.05. The van der Waals surface area contributed by atoms with Gasteiger partial charge in [-0.15, -0.1) is 0 Å². The number of piperazine rings is 1. The molecule has 1 aromatic heterocycles. The van der Waals surface area contributed by atoms with Gasteiger partial charge in [0.15, 0.2) is 0 Å². The second-order valence-electron chi connectivity index (χ2n) is 4.86. The topological polar surface area (TPSA) is 36.4 Å². The van der Waals surface area contributed by atoms with Gasteiger partial charge >= 0.3 is 0 Å². The average molecular weight is 251 g/mol. The number of aromatic nitrogens is 1. The number of fused-ring (bicyclic) bond motifs is 3. The van der Waals surface area contributed by atoms with E-state index in [9.17, 15) is 4.21 Å². The Morgan fingerprint density at radius 3 is 3.06 bits per heavy atom. The maximum Gasteiger partial charge on any atom is 0.145 e. The fraction of sp³-hybridized carbons (Fsp3) is 0.583. The van der Waals surface area contributed by atoms with Crippen molar-refractivity contribution in [2.75, 3.05) is 24.5 Å². The van der Waals surface area contributed by atoms with Crippen molar-refractivity contribution in [2.24, 2.45) is 0 Å². The van der Waals surface area contributed by atoms with Crippen LogP contribution in [0.1, 0.15) is 13.8 Å². The molecule has 2 atom stereocenters. The molecule has 0 aromatic carbocycles. The molecule has 0 saturated carbocycles. The maximum atomic E-state index is 12.4. The zero-order valence-electron chi connectivity index (χ0n) is 10.2. The Balaban J connectivity index is 1.92. The van der Waals surface area contributed by atoms with Crippen LogP contribution in [0.3, 0.4) is 0 Å². The van der Waals surface area contributed by atoms with Crippen LogP contribution < -0.4 is 4.90 Å². The van der Waals surface area contributed by atoms with Crippen molar-refractivity contribution >= 4 is 16.6 Å². The van der Waals surface area contributed by atoms with Gasteiger partial charge in [0.2, 0.25) is 0 Å². The molecule has 1 unspecified atom stereocenters. The summed E-state index contributed by atoms with van der Waals surface area (Å²) in [6.45, 7) is 7.22. The smallest absolute Gasteiger partial charge is 0.145 e. The standard InChI is InChI=1S/C12H17N3OS/c1-9(2)14-6-7-15-11(8-14)17(16)10-4-3-5-13-12(10)15/h3-5,9,11H,6-8H2,1-2H3/t11-,17?/m1/s1. The molecule has 0 amide bonds. The Labute approximate surface area is 104 Å². The molecule has 92 valence electrons. The molecule has 2 aliphatic rings. The Kier molecular flexibility index (Phi) is 2.67. The number of rotatable bonds is 1. The lowest BCUT2D eigenvalue weighted by Gasteiger charge is -2.39. The van der Waals surface area contributed by atoms with Gasteiger partial charge in [0.1, 0.15) is 11.2 Å². The van der Waals surface area contributed by atoms with Crippen LogP contribution in [-0.2, 0) is 10.8 Å². The molecule has 1 saturated heterocycles. The largest absolute Gasteiger partial charge is 0.338 e. The van der Waals surface area contributed by atoms with Crippen LogP contribution in [0.25, 0.3) is 0 Å². The fourth-order valence-corrected chi connectivity index (χ4v) is 4.19. The minimum atomic E-state index is -0.930. The molecule has 2 aliphatic heterocycles. The minimum absolute atomic E-state index is 0.0936. The molecule has 0 aliphatic carbocycles. The van der Waals surface area contributed by atoms with E-state index in [2.05, 4.69) is 28.6 Å². The summed E-state index contributed by atoms with van der Waals surface area (Å²) < 4.78 is 12.4. The van der Waals surface area contributed by atoms with Crippen LogP contribution in [-0.4, -0.2) is 45.1 Å². The first-order valence-corrected chi connectivity index (χ1v) is 7.26. The SMILES string of the molecule is CC(C)N1CCN2c3ncccc3S(=O)[C@@H]2C1. The van der Waals surface area contributed by atoms with Gasteiger partial charge in [0.25, 0.3) is 0 Å². The molecule has 5 heteroatoms. The highest BCUT2D eigenvalue weighted by Gasteiger charge is 2.41. The van der Waals surface area contributed by atoms with Crippen molar-refractivity contribution in [1.82, 2.24) is 9.88 Å². The Morgan fingerprint density at radius 2 is 2.29 bits per heavy atom. The Hall–Kier alpha value is -0.940. The fourth-order valence-electron chi connectivity index (χ4n) is 2.57. The van der Waals surface area contributed by atoms with E-state index in [-0.39, 0.29) is 5.37 Å². The molecule has 0 bridgehead atoms. The van der Waals surface area contributed by atoms with Crippen LogP contribution in [0.15, 0.2) is 23.2 Å². The van der Waals surface area contributed by atoms with Gasteiger partial charge in [-0.25, -0.2) is 4.98 Å². The monoisotopic (exact) mass is 251 g/mol. The molecule has 0 radical (unpaired) electrons. The predicted molar refractivity (Wildman–Crippen MR) is 68.5 cm³/mol. The number of hydrogen-bond donors (Lipinski definition) is 0. The van der Waals surface area contributed by atoms with E-state index in [0.29, 0.717) is 6.04 Å². The summed E-state index contributed by atoms with van der Waals surface area (Å²) in [4.78, 5) is 9.89. The number of anilines is 1. The van der Waals surface area contributed by atoms with Gasteiger partial charge in [-0.1, -0.05) is 0 Å². The first-order chi connectivity index (χ1) is 8.18. The first kappa shape index (κ1) is 11.2. The zero-order chi connectivity index (χ0) is 12.0. The maximum absolute atomic E-state index is 12.4. The minimum Gasteiger partial charge on any atom is -0.338 e. The van der Waals surface area contributed by atoms with E-state index < -0.39 is 10.8 Å². The normalized spacial score (nSPS) is 28.3. The lowest BCUT2D eigenvalue weighted by atomic mass is 10.2. The zero-order valence-corrected chi connectivity index (χ0v) is 11.0. The summed E-state index contributed by atoms with van der Waals surface area (Å²) in [7, 11) is -0.930. The molecule has 1 aromatic rings. The Morgan fingerprint density at radius 1 is 1.47 bits per heavy atom. The molecule has 0 spiro atoms. The van der Waals surface area contributed by atoms with Crippen LogP contribution in [0.5, 0.6) is 0 Å². The highest BCUT2D eigenvalue weighted by atomic mass is 32.2. The van der Waals surface area contributed by atoms with E-state index in [4.69, 9.17) is 0 Å². The molecule has 3 heterocycles. The van der Waals surface area contributed by atoms with E-state index in [1.807, 2.05) is 12.1 Å². The average Bonchev–Trinajstić information content (AvgIpc) is 2.64. The third kappa shape index (κ3) is 1.68. The van der Waals surface area contributed by atoms with Crippen molar-refractivity contribution in [2.45, 2.75) is 30.2 Å². The molecule has 1 fully saturated rings. The molecule has 3 rings (SSSR count). The van der Waals surface area contributed by atoms with E-state index in [1.54, 1.807) is 6.20 Å². The van der Waals surface area contributed by atoms with Crippen molar-refractivity contribution in [3.05, 3.63) is 18.3 Å².